The van der Waals surface area contributed by atoms with Crippen LogP contribution in [0.25, 0.3) is 11.3 Å². The molecule has 4 rings (SSSR count). The van der Waals surface area contributed by atoms with Gasteiger partial charge in [0.25, 0.3) is 0 Å². The van der Waals surface area contributed by atoms with Crippen molar-refractivity contribution in [1.29, 1.82) is 0 Å². The van der Waals surface area contributed by atoms with Crippen LogP contribution in [0.4, 0.5) is 5.82 Å². The number of ether oxygens (including phenoxy) is 2. The smallest absolute Gasteiger partial charge is 0.145 e. The van der Waals surface area contributed by atoms with Crippen LogP contribution in [-0.4, -0.2) is 61.0 Å². The van der Waals surface area contributed by atoms with Crippen molar-refractivity contribution in [3.63, 3.8) is 0 Å². The van der Waals surface area contributed by atoms with Crippen LogP contribution in [0.2, 0.25) is 5.02 Å². The van der Waals surface area contributed by atoms with E-state index < -0.39 is 0 Å². The second-order valence-corrected chi connectivity index (χ2v) is 9.66. The molecule has 0 radical (unpaired) electrons. The van der Waals surface area contributed by atoms with E-state index in [0.717, 1.165) is 74.9 Å². The molecule has 2 aromatic rings. The molecule has 0 amide bonds. The summed E-state index contributed by atoms with van der Waals surface area (Å²) in [5.41, 5.74) is 2.76. The minimum absolute atomic E-state index is 0.608. The number of hydrogen-bond donors (Lipinski definition) is 2. The van der Waals surface area contributed by atoms with Crippen LogP contribution in [0.15, 0.2) is 24.7 Å². The molecule has 0 bridgehead atoms. The first-order valence-corrected chi connectivity index (χ1v) is 12.6. The highest BCUT2D eigenvalue weighted by molar-refractivity contribution is 6.33. The third-order valence-electron chi connectivity index (χ3n) is 6.82. The van der Waals surface area contributed by atoms with E-state index in [4.69, 9.17) is 26.1 Å². The minimum atomic E-state index is 0.608. The lowest BCUT2D eigenvalue weighted by Gasteiger charge is -2.29. The average molecular weight is 474 g/mol. The zero-order chi connectivity index (χ0) is 22.9. The van der Waals surface area contributed by atoms with Gasteiger partial charge < -0.3 is 20.1 Å². The molecule has 1 saturated carbocycles. The van der Waals surface area contributed by atoms with Crippen molar-refractivity contribution in [2.45, 2.75) is 51.0 Å². The Hall–Kier alpha value is -1.80. The van der Waals surface area contributed by atoms with E-state index in [2.05, 4.69) is 26.7 Å². The van der Waals surface area contributed by atoms with Gasteiger partial charge in [0.2, 0.25) is 0 Å². The highest BCUT2D eigenvalue weighted by atomic mass is 35.5. The number of nitrogens with zero attached hydrogens (tertiary/aromatic N) is 3. The second kappa shape index (κ2) is 12.6. The molecule has 0 atom stereocenters. The maximum absolute atomic E-state index is 6.52. The highest BCUT2D eigenvalue weighted by Crippen LogP contribution is 2.31. The first-order valence-electron chi connectivity index (χ1n) is 12.2. The number of methoxy groups -OCH3 is 1. The molecular formula is C25H36ClN5O2. The van der Waals surface area contributed by atoms with Crippen molar-refractivity contribution >= 4 is 17.4 Å². The Bertz CT molecular complexity index is 870. The Morgan fingerprint density at radius 1 is 1.06 bits per heavy atom. The first-order chi connectivity index (χ1) is 16.2. The molecule has 1 saturated heterocycles. The number of nitrogens with one attached hydrogen (secondary N) is 2. The quantitative estimate of drug-likeness (QED) is 0.496. The summed E-state index contributed by atoms with van der Waals surface area (Å²) in [6.07, 6.45) is 13.3. The molecule has 7 nitrogen and oxygen atoms in total. The molecule has 180 valence electrons. The monoisotopic (exact) mass is 473 g/mol. The van der Waals surface area contributed by atoms with Gasteiger partial charge in [-0.15, -0.1) is 0 Å². The van der Waals surface area contributed by atoms with Gasteiger partial charge in [-0.2, -0.15) is 0 Å². The highest BCUT2D eigenvalue weighted by Gasteiger charge is 2.22. The summed E-state index contributed by atoms with van der Waals surface area (Å²) in [6.45, 7) is 4.28. The number of pyridine rings is 1. The second-order valence-electron chi connectivity index (χ2n) is 9.25. The van der Waals surface area contributed by atoms with E-state index in [-0.39, 0.29) is 0 Å². The number of halogens is 1. The number of anilines is 1. The van der Waals surface area contributed by atoms with Gasteiger partial charge in [-0.05, 0) is 62.8 Å². The largest absolute Gasteiger partial charge is 0.383 e. The summed E-state index contributed by atoms with van der Waals surface area (Å²) >= 11 is 6.52. The van der Waals surface area contributed by atoms with Gasteiger partial charge in [0.1, 0.15) is 5.82 Å². The number of aromatic nitrogens is 3. The fraction of sp³-hybridized carbons (Fsp3) is 0.640. The van der Waals surface area contributed by atoms with Crippen LogP contribution >= 0.6 is 11.6 Å². The third kappa shape index (κ3) is 7.34. The molecule has 2 fully saturated rings. The van der Waals surface area contributed by atoms with E-state index >= 15 is 0 Å². The van der Waals surface area contributed by atoms with Crippen molar-refractivity contribution in [1.82, 2.24) is 20.3 Å². The molecule has 3 heterocycles. The average Bonchev–Trinajstić information content (AvgIpc) is 2.86. The van der Waals surface area contributed by atoms with E-state index in [0.29, 0.717) is 22.9 Å². The van der Waals surface area contributed by atoms with Crippen LogP contribution in [0.3, 0.4) is 0 Å². The first kappa shape index (κ1) is 24.3. The molecule has 1 aliphatic heterocycles. The lowest BCUT2D eigenvalue weighted by Crippen LogP contribution is -2.35. The van der Waals surface area contributed by atoms with Crippen LogP contribution in [-0.2, 0) is 15.9 Å². The van der Waals surface area contributed by atoms with Gasteiger partial charge >= 0.3 is 0 Å². The molecule has 1 aliphatic carbocycles. The summed E-state index contributed by atoms with van der Waals surface area (Å²) in [4.78, 5) is 13.8. The molecule has 0 unspecified atom stereocenters. The number of hydrogen-bond acceptors (Lipinski definition) is 7. The molecule has 8 heteroatoms. The minimum Gasteiger partial charge on any atom is -0.383 e. The van der Waals surface area contributed by atoms with Crippen LogP contribution in [0, 0.1) is 11.8 Å². The van der Waals surface area contributed by atoms with Gasteiger partial charge in [0, 0.05) is 56.9 Å². The van der Waals surface area contributed by atoms with Crippen molar-refractivity contribution in [2.24, 2.45) is 11.8 Å². The van der Waals surface area contributed by atoms with E-state index in [1.165, 1.54) is 25.7 Å². The van der Waals surface area contributed by atoms with Crippen LogP contribution < -0.4 is 10.6 Å². The van der Waals surface area contributed by atoms with Crippen molar-refractivity contribution in [3.8, 4) is 11.3 Å². The summed E-state index contributed by atoms with van der Waals surface area (Å²) in [5.74, 6) is 2.06. The summed E-state index contributed by atoms with van der Waals surface area (Å²) in [6, 6.07) is 2.70. The topological polar surface area (TPSA) is 81.2 Å². The Labute approximate surface area is 202 Å². The summed E-state index contributed by atoms with van der Waals surface area (Å²) < 4.78 is 10.6. The standard InChI is InChI=1S/C25H36ClN5O2/c1-32-11-8-28-20-4-2-18(3-5-20)12-21-13-22(23(26)15-29-21)24-16-27-17-25(31-24)30-14-19-6-9-33-10-7-19/h13,15-20,28H,2-12,14H2,1H3,(H,30,31). The Balaban J connectivity index is 1.34. The maximum atomic E-state index is 6.52. The molecule has 2 N–H and O–H groups in total. The Morgan fingerprint density at radius 3 is 2.67 bits per heavy atom. The van der Waals surface area contributed by atoms with Gasteiger partial charge in [-0.1, -0.05) is 11.6 Å². The van der Waals surface area contributed by atoms with Gasteiger partial charge in [-0.3, -0.25) is 9.97 Å². The number of rotatable bonds is 10. The fourth-order valence-corrected chi connectivity index (χ4v) is 5.00. The van der Waals surface area contributed by atoms with Crippen LogP contribution in [0.5, 0.6) is 0 Å². The lowest BCUT2D eigenvalue weighted by atomic mass is 9.83. The zero-order valence-corrected chi connectivity index (χ0v) is 20.3. The molecule has 0 spiro atoms. The van der Waals surface area contributed by atoms with Gasteiger partial charge in [0.15, 0.2) is 0 Å². The van der Waals surface area contributed by atoms with E-state index in [1.54, 1.807) is 25.7 Å². The molecular weight excluding hydrogens is 438 g/mol. The fourth-order valence-electron chi connectivity index (χ4n) is 4.80. The summed E-state index contributed by atoms with van der Waals surface area (Å²) in [7, 11) is 1.75. The molecule has 2 aromatic heterocycles. The predicted molar refractivity (Wildman–Crippen MR) is 132 cm³/mol. The third-order valence-corrected chi connectivity index (χ3v) is 7.12. The van der Waals surface area contributed by atoms with E-state index in [1.807, 2.05) is 0 Å². The van der Waals surface area contributed by atoms with Crippen LogP contribution in [0.1, 0.15) is 44.2 Å². The van der Waals surface area contributed by atoms with Gasteiger partial charge in [0.05, 0.1) is 29.7 Å². The van der Waals surface area contributed by atoms with E-state index in [9.17, 15) is 0 Å². The zero-order valence-electron chi connectivity index (χ0n) is 19.6. The Kier molecular flexibility index (Phi) is 9.29. The van der Waals surface area contributed by atoms with Crippen molar-refractivity contribution in [2.75, 3.05) is 45.3 Å². The molecule has 0 aromatic carbocycles. The molecule has 2 aliphatic rings. The van der Waals surface area contributed by atoms with Gasteiger partial charge in [-0.25, -0.2) is 4.98 Å². The normalized spacial score (nSPS) is 21.8. The maximum Gasteiger partial charge on any atom is 0.145 e. The van der Waals surface area contributed by atoms with Crippen molar-refractivity contribution < 1.29 is 9.47 Å². The summed E-state index contributed by atoms with van der Waals surface area (Å²) in [5, 5.41) is 7.65. The Morgan fingerprint density at radius 2 is 1.88 bits per heavy atom. The SMILES string of the molecule is COCCNC1CCC(Cc2cc(-c3cncc(NCC4CCOCC4)n3)c(Cl)cn2)CC1. The predicted octanol–water partition coefficient (Wildman–Crippen LogP) is 4.37. The molecule has 33 heavy (non-hydrogen) atoms. The van der Waals surface area contributed by atoms with Crippen molar-refractivity contribution in [3.05, 3.63) is 35.4 Å². The lowest BCUT2D eigenvalue weighted by molar-refractivity contribution is 0.0699.